The summed E-state index contributed by atoms with van der Waals surface area (Å²) in [6.07, 6.45) is 1.94. The first kappa shape index (κ1) is 27.1. The van der Waals surface area contributed by atoms with E-state index in [0.29, 0.717) is 24.3 Å². The number of sulfonamides is 1. The van der Waals surface area contributed by atoms with Crippen molar-refractivity contribution in [1.82, 2.24) is 10.2 Å². The van der Waals surface area contributed by atoms with Gasteiger partial charge in [-0.1, -0.05) is 38.1 Å². The number of nitrogens with zero attached hydrogens (tertiary/aromatic N) is 2. The molecule has 0 aliphatic rings. The molecule has 0 aliphatic carbocycles. The molecular formula is C24H32FN3O5S. The molecule has 10 heteroatoms. The highest BCUT2D eigenvalue weighted by Gasteiger charge is 2.32. The van der Waals surface area contributed by atoms with Gasteiger partial charge in [0.2, 0.25) is 21.8 Å². The maximum Gasteiger partial charge on any atom is 0.244 e. The number of hydrogen-bond acceptors (Lipinski definition) is 5. The van der Waals surface area contributed by atoms with Crippen LogP contribution in [0.5, 0.6) is 5.75 Å². The summed E-state index contributed by atoms with van der Waals surface area (Å²) >= 11 is 0. The van der Waals surface area contributed by atoms with Gasteiger partial charge in [0.05, 0.1) is 19.1 Å². The number of amides is 2. The number of halogens is 1. The van der Waals surface area contributed by atoms with Crippen LogP contribution < -0.4 is 14.4 Å². The predicted molar refractivity (Wildman–Crippen MR) is 130 cm³/mol. The van der Waals surface area contributed by atoms with Crippen LogP contribution in [0.1, 0.15) is 32.3 Å². The summed E-state index contributed by atoms with van der Waals surface area (Å²) in [6, 6.07) is 11.5. The van der Waals surface area contributed by atoms with Crippen LogP contribution in [0.25, 0.3) is 0 Å². The fourth-order valence-corrected chi connectivity index (χ4v) is 4.35. The second-order valence-corrected chi connectivity index (χ2v) is 9.72. The molecule has 0 aliphatic heterocycles. The first-order valence-electron chi connectivity index (χ1n) is 11.0. The number of carbonyl (C=O) groups excluding carboxylic acids is 2. The van der Waals surface area contributed by atoms with E-state index in [0.717, 1.165) is 23.0 Å². The largest absolute Gasteiger partial charge is 0.497 e. The van der Waals surface area contributed by atoms with Crippen LogP contribution in [-0.4, -0.2) is 57.6 Å². The average molecular weight is 494 g/mol. The van der Waals surface area contributed by atoms with E-state index >= 15 is 0 Å². The Hall–Kier alpha value is -3.14. The van der Waals surface area contributed by atoms with Gasteiger partial charge in [-0.15, -0.1) is 0 Å². The highest BCUT2D eigenvalue weighted by molar-refractivity contribution is 7.92. The number of rotatable bonds is 12. The quantitative estimate of drug-likeness (QED) is 0.491. The molecule has 0 radical (unpaired) electrons. The summed E-state index contributed by atoms with van der Waals surface area (Å²) in [6.45, 7) is 3.53. The fourth-order valence-electron chi connectivity index (χ4n) is 3.50. The molecule has 1 atom stereocenters. The Bertz CT molecular complexity index is 1090. The maximum absolute atomic E-state index is 14.4. The summed E-state index contributed by atoms with van der Waals surface area (Å²) in [5, 5.41) is 2.80. The summed E-state index contributed by atoms with van der Waals surface area (Å²) in [7, 11) is -2.47. The Labute approximate surface area is 200 Å². The number of para-hydroxylation sites is 1. The van der Waals surface area contributed by atoms with E-state index in [-0.39, 0.29) is 18.1 Å². The minimum absolute atomic E-state index is 0.0446. The van der Waals surface area contributed by atoms with E-state index in [9.17, 15) is 22.4 Å². The third-order valence-electron chi connectivity index (χ3n) is 5.22. The van der Waals surface area contributed by atoms with Crippen LogP contribution in [0.3, 0.4) is 0 Å². The van der Waals surface area contributed by atoms with Gasteiger partial charge in [0, 0.05) is 13.1 Å². The lowest BCUT2D eigenvalue weighted by molar-refractivity contribution is -0.140. The molecule has 8 nitrogen and oxygen atoms in total. The van der Waals surface area contributed by atoms with Gasteiger partial charge in [-0.3, -0.25) is 13.9 Å². The highest BCUT2D eigenvalue weighted by Crippen LogP contribution is 2.23. The van der Waals surface area contributed by atoms with Crippen LogP contribution in [0.2, 0.25) is 0 Å². The lowest BCUT2D eigenvalue weighted by Crippen LogP contribution is -2.52. The molecule has 1 N–H and O–H groups in total. The lowest BCUT2D eigenvalue weighted by atomic mass is 10.1. The molecule has 0 spiro atoms. The zero-order valence-corrected chi connectivity index (χ0v) is 20.8. The molecule has 0 unspecified atom stereocenters. The van der Waals surface area contributed by atoms with E-state index in [1.54, 1.807) is 31.2 Å². The second-order valence-electron chi connectivity index (χ2n) is 7.81. The molecule has 0 saturated carbocycles. The number of anilines is 1. The molecule has 0 heterocycles. The molecule has 0 saturated heterocycles. The van der Waals surface area contributed by atoms with Crippen molar-refractivity contribution in [2.45, 2.75) is 39.3 Å². The zero-order valence-electron chi connectivity index (χ0n) is 20.0. The smallest absolute Gasteiger partial charge is 0.244 e. The third kappa shape index (κ3) is 7.18. The van der Waals surface area contributed by atoms with E-state index in [1.807, 2.05) is 6.92 Å². The Kier molecular flexibility index (Phi) is 9.85. The average Bonchev–Trinajstić information content (AvgIpc) is 2.80. The van der Waals surface area contributed by atoms with Crippen molar-refractivity contribution in [2.24, 2.45) is 0 Å². The molecule has 2 aromatic carbocycles. The molecule has 0 aromatic heterocycles. The van der Waals surface area contributed by atoms with Crippen molar-refractivity contribution < 1.29 is 27.1 Å². The molecule has 186 valence electrons. The zero-order chi connectivity index (χ0) is 25.3. The molecule has 2 rings (SSSR count). The molecular weight excluding hydrogens is 461 g/mol. The molecule has 34 heavy (non-hydrogen) atoms. The maximum atomic E-state index is 14.4. The van der Waals surface area contributed by atoms with Gasteiger partial charge >= 0.3 is 0 Å². The van der Waals surface area contributed by atoms with Gasteiger partial charge < -0.3 is 15.0 Å². The molecule has 0 bridgehead atoms. The van der Waals surface area contributed by atoms with Crippen LogP contribution in [0.15, 0.2) is 48.5 Å². The Morgan fingerprint density at radius 1 is 1.12 bits per heavy atom. The van der Waals surface area contributed by atoms with Crippen molar-refractivity contribution in [2.75, 3.05) is 30.8 Å². The van der Waals surface area contributed by atoms with Crippen molar-refractivity contribution in [3.8, 4) is 5.75 Å². The van der Waals surface area contributed by atoms with Crippen molar-refractivity contribution in [3.63, 3.8) is 0 Å². The van der Waals surface area contributed by atoms with Crippen molar-refractivity contribution in [1.29, 1.82) is 0 Å². The standard InChI is InChI=1S/C24H32FN3O5S/c1-5-14-26-24(30)21(6-2)27(16-18-10-9-11-19(15-18)33-3)23(29)17-28(34(4,31)32)22-13-8-7-12-20(22)25/h7-13,15,21H,5-6,14,16-17H2,1-4H3,(H,26,30)/t21-/m0/s1. The number of methoxy groups -OCH3 is 1. The van der Waals surface area contributed by atoms with Gasteiger partial charge in [-0.2, -0.15) is 0 Å². The third-order valence-corrected chi connectivity index (χ3v) is 6.35. The fraction of sp³-hybridized carbons (Fsp3) is 0.417. The van der Waals surface area contributed by atoms with E-state index in [4.69, 9.17) is 4.74 Å². The topological polar surface area (TPSA) is 96.0 Å². The van der Waals surface area contributed by atoms with Crippen LogP contribution in [0, 0.1) is 5.82 Å². The Morgan fingerprint density at radius 2 is 1.82 bits per heavy atom. The molecule has 2 aromatic rings. The normalized spacial score (nSPS) is 12.0. The lowest BCUT2D eigenvalue weighted by Gasteiger charge is -2.33. The monoisotopic (exact) mass is 493 g/mol. The summed E-state index contributed by atoms with van der Waals surface area (Å²) in [5.41, 5.74) is 0.467. The minimum Gasteiger partial charge on any atom is -0.497 e. The van der Waals surface area contributed by atoms with E-state index < -0.39 is 34.3 Å². The molecule has 2 amide bonds. The Balaban J connectivity index is 2.45. The van der Waals surface area contributed by atoms with Gasteiger partial charge in [-0.05, 0) is 42.7 Å². The van der Waals surface area contributed by atoms with Crippen molar-refractivity contribution >= 4 is 27.5 Å². The van der Waals surface area contributed by atoms with E-state index in [1.165, 1.54) is 30.2 Å². The van der Waals surface area contributed by atoms with Gasteiger partial charge in [-0.25, -0.2) is 12.8 Å². The highest BCUT2D eigenvalue weighted by atomic mass is 32.2. The first-order valence-corrected chi connectivity index (χ1v) is 12.9. The minimum atomic E-state index is -3.99. The van der Waals surface area contributed by atoms with Crippen LogP contribution in [0.4, 0.5) is 10.1 Å². The summed E-state index contributed by atoms with van der Waals surface area (Å²) in [5.74, 6) is -1.15. The summed E-state index contributed by atoms with van der Waals surface area (Å²) in [4.78, 5) is 27.7. The van der Waals surface area contributed by atoms with Crippen LogP contribution in [-0.2, 0) is 26.2 Å². The number of ether oxygens (including phenoxy) is 1. The van der Waals surface area contributed by atoms with E-state index in [2.05, 4.69) is 5.32 Å². The van der Waals surface area contributed by atoms with Gasteiger partial charge in [0.1, 0.15) is 24.2 Å². The molecule has 0 fully saturated rings. The van der Waals surface area contributed by atoms with Crippen LogP contribution >= 0.6 is 0 Å². The Morgan fingerprint density at radius 3 is 2.41 bits per heavy atom. The van der Waals surface area contributed by atoms with Gasteiger partial charge in [0.25, 0.3) is 0 Å². The van der Waals surface area contributed by atoms with Crippen molar-refractivity contribution in [3.05, 3.63) is 59.9 Å². The van der Waals surface area contributed by atoms with Gasteiger partial charge in [0.15, 0.2) is 0 Å². The predicted octanol–water partition coefficient (Wildman–Crippen LogP) is 2.93. The second kappa shape index (κ2) is 12.4. The SMILES string of the molecule is CCCNC(=O)[C@H](CC)N(Cc1cccc(OC)c1)C(=O)CN(c1ccccc1F)S(C)(=O)=O. The number of nitrogens with one attached hydrogen (secondary N) is 1. The number of benzene rings is 2. The first-order chi connectivity index (χ1) is 16.1. The number of carbonyl (C=O) groups is 2. The summed E-state index contributed by atoms with van der Waals surface area (Å²) < 4.78 is 45.4. The number of hydrogen-bond donors (Lipinski definition) is 1.